The first-order chi connectivity index (χ1) is 13.5. The minimum Gasteiger partial charge on any atom is -0.493 e. The third-order valence-electron chi connectivity index (χ3n) is 6.39. The Bertz CT molecular complexity index is 992. The summed E-state index contributed by atoms with van der Waals surface area (Å²) >= 11 is 0. The lowest BCUT2D eigenvalue weighted by Crippen LogP contribution is -2.62. The molecule has 0 amide bonds. The highest BCUT2D eigenvalue weighted by atomic mass is 32.2. The van der Waals surface area contributed by atoms with Gasteiger partial charge in [-0.1, -0.05) is 42.5 Å². The second-order valence-corrected chi connectivity index (χ2v) is 9.84. The Morgan fingerprint density at radius 3 is 2.39 bits per heavy atom. The molecule has 3 fully saturated rings. The predicted molar refractivity (Wildman–Crippen MR) is 110 cm³/mol. The van der Waals surface area contributed by atoms with Crippen LogP contribution in [-0.2, 0) is 10.0 Å². The Kier molecular flexibility index (Phi) is 4.19. The zero-order chi connectivity index (χ0) is 19.2. The van der Waals surface area contributed by atoms with Gasteiger partial charge in [0.25, 0.3) is 10.0 Å². The van der Waals surface area contributed by atoms with Gasteiger partial charge in [-0.15, -0.1) is 4.40 Å². The predicted octanol–water partition coefficient (Wildman–Crippen LogP) is 3.72. The van der Waals surface area contributed by atoms with E-state index in [1.165, 1.54) is 5.56 Å². The number of sulfonamides is 1. The van der Waals surface area contributed by atoms with E-state index >= 15 is 0 Å². The normalized spacial score (nSPS) is 27.8. The smallest absolute Gasteiger partial charge is 0.256 e. The van der Waals surface area contributed by atoms with Crippen LogP contribution >= 0.6 is 0 Å². The monoisotopic (exact) mass is 396 g/mol. The molecule has 0 radical (unpaired) electrons. The number of nitrogens with zero attached hydrogens (tertiary/aromatic N) is 2. The maximum absolute atomic E-state index is 12.1. The molecule has 2 saturated heterocycles. The zero-order valence-corrected chi connectivity index (χ0v) is 16.6. The number of ether oxygens (including phenoxy) is 1. The third kappa shape index (κ3) is 3.09. The Labute approximate surface area is 166 Å². The summed E-state index contributed by atoms with van der Waals surface area (Å²) in [6.07, 6.45) is 4.08. The van der Waals surface area contributed by atoms with Crippen LogP contribution in [0.5, 0.6) is 5.75 Å². The lowest BCUT2D eigenvalue weighted by Gasteiger charge is -2.54. The van der Waals surface area contributed by atoms with Crippen molar-refractivity contribution in [3.05, 3.63) is 54.6 Å². The number of amidine groups is 1. The van der Waals surface area contributed by atoms with E-state index in [1.54, 1.807) is 0 Å². The first kappa shape index (κ1) is 17.7. The molecular weight excluding hydrogens is 372 g/mol. The summed E-state index contributed by atoms with van der Waals surface area (Å²) in [5.74, 6) is 1.69. The molecule has 2 aromatic rings. The van der Waals surface area contributed by atoms with E-state index in [0.29, 0.717) is 19.2 Å². The topological polar surface area (TPSA) is 59.0 Å². The summed E-state index contributed by atoms with van der Waals surface area (Å²) in [5, 5.41) is 0. The second kappa shape index (κ2) is 6.62. The molecule has 3 aliphatic heterocycles. The van der Waals surface area contributed by atoms with Crippen LogP contribution in [0.25, 0.3) is 11.1 Å². The molecule has 6 rings (SSSR count). The highest BCUT2D eigenvalue weighted by Crippen LogP contribution is 2.47. The van der Waals surface area contributed by atoms with Gasteiger partial charge in [-0.3, -0.25) is 0 Å². The van der Waals surface area contributed by atoms with Gasteiger partial charge in [0.15, 0.2) is 0 Å². The maximum atomic E-state index is 12.1. The SMILES string of the molecule is O=S1(=O)CCN2C(=N1)C1(COc3ccc(-c4ccccc4)cc3)CCC2CC1. The summed E-state index contributed by atoms with van der Waals surface area (Å²) in [6.45, 7) is 1.05. The van der Waals surface area contributed by atoms with Crippen LogP contribution in [0.3, 0.4) is 0 Å². The number of piperidine rings is 2. The van der Waals surface area contributed by atoms with Crippen molar-refractivity contribution < 1.29 is 13.2 Å². The molecular formula is C22H24N2O3S. The fourth-order valence-electron chi connectivity index (χ4n) is 4.80. The Balaban J connectivity index is 1.36. The van der Waals surface area contributed by atoms with E-state index in [1.807, 2.05) is 30.3 Å². The van der Waals surface area contributed by atoms with Gasteiger partial charge in [0.05, 0.1) is 11.2 Å². The van der Waals surface area contributed by atoms with Crippen LogP contribution < -0.4 is 4.74 Å². The summed E-state index contributed by atoms with van der Waals surface area (Å²) in [5.41, 5.74) is 2.05. The Morgan fingerprint density at radius 1 is 1.00 bits per heavy atom. The van der Waals surface area contributed by atoms with Gasteiger partial charge < -0.3 is 9.64 Å². The standard InChI is InChI=1S/C22H24N2O3S/c25-28(26)15-14-24-19-10-12-22(13-11-19,21(24)23-28)16-27-20-8-6-18(7-9-20)17-4-2-1-3-5-17/h1-9,19H,10-16H2. The second-order valence-electron chi connectivity index (χ2n) is 8.08. The van der Waals surface area contributed by atoms with Crippen molar-refractivity contribution >= 4 is 15.9 Å². The number of fused-ring (bicyclic) bond motifs is 2. The van der Waals surface area contributed by atoms with E-state index in [-0.39, 0.29) is 11.2 Å². The molecule has 2 bridgehead atoms. The molecule has 0 aromatic heterocycles. The van der Waals surface area contributed by atoms with Crippen LogP contribution in [0.4, 0.5) is 0 Å². The minimum absolute atomic E-state index is 0.130. The molecule has 4 aliphatic rings. The molecule has 3 heterocycles. The average molecular weight is 397 g/mol. The largest absolute Gasteiger partial charge is 0.493 e. The van der Waals surface area contributed by atoms with Gasteiger partial charge in [-0.2, -0.15) is 0 Å². The van der Waals surface area contributed by atoms with E-state index in [0.717, 1.165) is 42.8 Å². The quantitative estimate of drug-likeness (QED) is 0.790. The summed E-state index contributed by atoms with van der Waals surface area (Å²) < 4.78 is 34.6. The highest BCUT2D eigenvalue weighted by molar-refractivity contribution is 7.90. The Morgan fingerprint density at radius 2 is 1.68 bits per heavy atom. The average Bonchev–Trinajstić information content (AvgIpc) is 2.73. The van der Waals surface area contributed by atoms with Crippen LogP contribution in [0.15, 0.2) is 59.0 Å². The number of hydrogen-bond acceptors (Lipinski definition) is 4. The van der Waals surface area contributed by atoms with Crippen molar-refractivity contribution in [2.24, 2.45) is 9.81 Å². The van der Waals surface area contributed by atoms with Crippen molar-refractivity contribution in [3.63, 3.8) is 0 Å². The van der Waals surface area contributed by atoms with Crippen molar-refractivity contribution in [2.75, 3.05) is 18.9 Å². The first-order valence-corrected chi connectivity index (χ1v) is 11.5. The lowest BCUT2D eigenvalue weighted by atomic mass is 9.67. The van der Waals surface area contributed by atoms with Crippen molar-refractivity contribution in [2.45, 2.75) is 31.7 Å². The maximum Gasteiger partial charge on any atom is 0.256 e. The minimum atomic E-state index is -3.34. The molecule has 28 heavy (non-hydrogen) atoms. The van der Waals surface area contributed by atoms with Gasteiger partial charge in [-0.05, 0) is 48.9 Å². The van der Waals surface area contributed by atoms with Gasteiger partial charge in [0.1, 0.15) is 18.2 Å². The zero-order valence-electron chi connectivity index (χ0n) is 15.8. The summed E-state index contributed by atoms with van der Waals surface area (Å²) in [4.78, 5) is 2.23. The first-order valence-electron chi connectivity index (χ1n) is 9.93. The van der Waals surface area contributed by atoms with E-state index < -0.39 is 10.0 Å². The Hall–Kier alpha value is -2.34. The highest BCUT2D eigenvalue weighted by Gasteiger charge is 2.52. The molecule has 0 spiro atoms. The van der Waals surface area contributed by atoms with Crippen LogP contribution in [0.1, 0.15) is 25.7 Å². The third-order valence-corrected chi connectivity index (χ3v) is 7.54. The molecule has 6 heteroatoms. The van der Waals surface area contributed by atoms with Gasteiger partial charge >= 0.3 is 0 Å². The molecule has 1 saturated carbocycles. The van der Waals surface area contributed by atoms with Gasteiger partial charge in [0, 0.05) is 12.6 Å². The number of benzene rings is 2. The van der Waals surface area contributed by atoms with E-state index in [2.05, 4.69) is 33.6 Å². The molecule has 0 atom stereocenters. The van der Waals surface area contributed by atoms with E-state index in [4.69, 9.17) is 4.74 Å². The van der Waals surface area contributed by atoms with Crippen molar-refractivity contribution in [1.29, 1.82) is 0 Å². The van der Waals surface area contributed by atoms with Crippen molar-refractivity contribution in [3.8, 4) is 16.9 Å². The summed E-state index contributed by atoms with van der Waals surface area (Å²) in [6, 6.07) is 18.8. The van der Waals surface area contributed by atoms with Crippen LogP contribution in [0.2, 0.25) is 0 Å². The molecule has 0 N–H and O–H groups in total. The number of hydrogen-bond donors (Lipinski definition) is 0. The fraction of sp³-hybridized carbons (Fsp3) is 0.409. The molecule has 146 valence electrons. The summed E-state index contributed by atoms with van der Waals surface area (Å²) in [7, 11) is -3.34. The number of rotatable bonds is 4. The van der Waals surface area contributed by atoms with Crippen LogP contribution in [-0.4, -0.2) is 44.1 Å². The molecule has 5 nitrogen and oxygen atoms in total. The molecule has 1 aliphatic carbocycles. The van der Waals surface area contributed by atoms with Crippen molar-refractivity contribution in [1.82, 2.24) is 4.90 Å². The molecule has 0 unspecified atom stereocenters. The van der Waals surface area contributed by atoms with Gasteiger partial charge in [0.2, 0.25) is 0 Å². The lowest BCUT2D eigenvalue weighted by molar-refractivity contribution is 0.0657. The van der Waals surface area contributed by atoms with E-state index in [9.17, 15) is 8.42 Å². The van der Waals surface area contributed by atoms with Gasteiger partial charge in [-0.25, -0.2) is 8.42 Å². The fourth-order valence-corrected chi connectivity index (χ4v) is 5.88. The van der Waals surface area contributed by atoms with Crippen LogP contribution in [0, 0.1) is 5.41 Å². The molecule has 2 aromatic carbocycles.